The van der Waals surface area contributed by atoms with Gasteiger partial charge in [0, 0.05) is 0 Å². The predicted octanol–water partition coefficient (Wildman–Crippen LogP) is 4.72. The van der Waals surface area contributed by atoms with Crippen LogP contribution in [0.4, 0.5) is 0 Å². The van der Waals surface area contributed by atoms with Gasteiger partial charge in [-0.2, -0.15) is 0 Å². The van der Waals surface area contributed by atoms with E-state index in [4.69, 9.17) is 5.11 Å². The molecule has 1 N–H and O–H groups in total. The molecule has 4 aliphatic carbocycles. The first-order valence-electron chi connectivity index (χ1n) is 8.93. The molecule has 4 saturated carbocycles. The summed E-state index contributed by atoms with van der Waals surface area (Å²) in [6, 6.07) is 8.54. The molecule has 0 unspecified atom stereocenters. The molecular weight excluding hydrogens is 256 g/mol. The zero-order chi connectivity index (χ0) is 14.3. The molecule has 4 fully saturated rings. The fourth-order valence-electron chi connectivity index (χ4n) is 6.08. The summed E-state index contributed by atoms with van der Waals surface area (Å²) >= 11 is 0. The van der Waals surface area contributed by atoms with Crippen molar-refractivity contribution in [3.05, 3.63) is 35.4 Å². The Labute approximate surface area is 128 Å². The van der Waals surface area contributed by atoms with E-state index in [1.165, 1.54) is 24.8 Å². The summed E-state index contributed by atoms with van der Waals surface area (Å²) in [6.07, 6.45) is 13.3. The Hall–Kier alpha value is -0.820. The molecule has 4 bridgehead atoms. The monoisotopic (exact) mass is 284 g/mol. The molecule has 0 amide bonds. The average Bonchev–Trinajstić information content (AvgIpc) is 2.46. The van der Waals surface area contributed by atoms with Crippen LogP contribution in [0.15, 0.2) is 24.3 Å². The largest absolute Gasteiger partial charge is 0.392 e. The SMILES string of the molecule is OCc1ccc(CCCC23CC4CC(CC(C4)C2)C3)cc1. The summed E-state index contributed by atoms with van der Waals surface area (Å²) in [5.41, 5.74) is 3.21. The quantitative estimate of drug-likeness (QED) is 0.829. The number of rotatable bonds is 5. The zero-order valence-corrected chi connectivity index (χ0v) is 13.1. The van der Waals surface area contributed by atoms with Gasteiger partial charge < -0.3 is 5.11 Å². The fraction of sp³-hybridized carbons (Fsp3) is 0.700. The summed E-state index contributed by atoms with van der Waals surface area (Å²) < 4.78 is 0. The van der Waals surface area contributed by atoms with Crippen LogP contribution in [0.3, 0.4) is 0 Å². The van der Waals surface area contributed by atoms with E-state index in [0.717, 1.165) is 28.7 Å². The maximum Gasteiger partial charge on any atom is 0.0681 e. The third kappa shape index (κ3) is 2.77. The highest BCUT2D eigenvalue weighted by Gasteiger charge is 2.50. The maximum absolute atomic E-state index is 9.10. The van der Waals surface area contributed by atoms with Crippen LogP contribution in [0.25, 0.3) is 0 Å². The highest BCUT2D eigenvalue weighted by molar-refractivity contribution is 5.22. The molecule has 0 spiro atoms. The molecule has 0 saturated heterocycles. The van der Waals surface area contributed by atoms with Gasteiger partial charge in [-0.1, -0.05) is 24.3 Å². The molecule has 1 nitrogen and oxygen atoms in total. The molecular formula is C20H28O. The smallest absolute Gasteiger partial charge is 0.0681 e. The van der Waals surface area contributed by atoms with Crippen molar-refractivity contribution in [1.29, 1.82) is 0 Å². The van der Waals surface area contributed by atoms with Crippen molar-refractivity contribution in [2.24, 2.45) is 23.2 Å². The predicted molar refractivity (Wildman–Crippen MR) is 85.9 cm³/mol. The lowest BCUT2D eigenvalue weighted by Gasteiger charge is -2.57. The number of aliphatic hydroxyl groups is 1. The van der Waals surface area contributed by atoms with Crippen LogP contribution < -0.4 is 0 Å². The maximum atomic E-state index is 9.10. The standard InChI is InChI=1S/C20H28O/c21-14-16-5-3-15(4-6-16)2-1-7-20-11-17-8-18(12-20)10-19(9-17)13-20/h3-6,17-19,21H,1-2,7-14H2. The number of aliphatic hydroxyl groups excluding tert-OH is 1. The first kappa shape index (κ1) is 13.8. The Morgan fingerprint density at radius 1 is 0.857 bits per heavy atom. The van der Waals surface area contributed by atoms with Crippen molar-refractivity contribution in [2.75, 3.05) is 0 Å². The topological polar surface area (TPSA) is 20.2 Å². The van der Waals surface area contributed by atoms with Gasteiger partial charge >= 0.3 is 0 Å². The van der Waals surface area contributed by atoms with Crippen molar-refractivity contribution in [3.63, 3.8) is 0 Å². The van der Waals surface area contributed by atoms with E-state index in [2.05, 4.69) is 24.3 Å². The van der Waals surface area contributed by atoms with Crippen molar-refractivity contribution < 1.29 is 5.11 Å². The van der Waals surface area contributed by atoms with Gasteiger partial charge in [0.1, 0.15) is 0 Å². The first-order valence-corrected chi connectivity index (χ1v) is 8.93. The van der Waals surface area contributed by atoms with Gasteiger partial charge in [0.15, 0.2) is 0 Å². The van der Waals surface area contributed by atoms with E-state index in [0.29, 0.717) is 0 Å². The van der Waals surface area contributed by atoms with Crippen molar-refractivity contribution in [1.82, 2.24) is 0 Å². The van der Waals surface area contributed by atoms with Crippen molar-refractivity contribution >= 4 is 0 Å². The number of hydrogen-bond acceptors (Lipinski definition) is 1. The lowest BCUT2D eigenvalue weighted by Crippen LogP contribution is -2.45. The lowest BCUT2D eigenvalue weighted by atomic mass is 9.48. The molecule has 21 heavy (non-hydrogen) atoms. The van der Waals surface area contributed by atoms with Crippen molar-refractivity contribution in [3.8, 4) is 0 Å². The second-order valence-electron chi connectivity index (χ2n) is 8.25. The average molecular weight is 284 g/mol. The molecule has 0 atom stereocenters. The zero-order valence-electron chi connectivity index (χ0n) is 13.1. The van der Waals surface area contributed by atoms with Gasteiger partial charge in [-0.15, -0.1) is 0 Å². The molecule has 0 heterocycles. The molecule has 5 rings (SSSR count). The van der Waals surface area contributed by atoms with Gasteiger partial charge in [-0.25, -0.2) is 0 Å². The number of aryl methyl sites for hydroxylation is 1. The Morgan fingerprint density at radius 2 is 1.38 bits per heavy atom. The fourth-order valence-corrected chi connectivity index (χ4v) is 6.08. The molecule has 1 aromatic carbocycles. The minimum Gasteiger partial charge on any atom is -0.392 e. The Bertz CT molecular complexity index is 452. The molecule has 4 aliphatic rings. The Kier molecular flexibility index (Phi) is 3.57. The minimum atomic E-state index is 0.160. The minimum absolute atomic E-state index is 0.160. The molecule has 1 aromatic rings. The van der Waals surface area contributed by atoms with E-state index in [1.807, 2.05) is 0 Å². The van der Waals surface area contributed by atoms with Crippen LogP contribution in [-0.2, 0) is 13.0 Å². The van der Waals surface area contributed by atoms with E-state index in [9.17, 15) is 0 Å². The highest BCUT2D eigenvalue weighted by atomic mass is 16.3. The Balaban J connectivity index is 1.34. The second kappa shape index (κ2) is 5.43. The van der Waals surface area contributed by atoms with Crippen LogP contribution in [0.2, 0.25) is 0 Å². The van der Waals surface area contributed by atoms with Crippen LogP contribution >= 0.6 is 0 Å². The second-order valence-corrected chi connectivity index (χ2v) is 8.25. The molecule has 0 radical (unpaired) electrons. The molecule has 0 aliphatic heterocycles. The number of hydrogen-bond donors (Lipinski definition) is 1. The summed E-state index contributed by atoms with van der Waals surface area (Å²) in [5.74, 6) is 3.25. The summed E-state index contributed by atoms with van der Waals surface area (Å²) in [7, 11) is 0. The normalized spacial score (nSPS) is 37.1. The van der Waals surface area contributed by atoms with Crippen molar-refractivity contribution in [2.45, 2.75) is 64.4 Å². The lowest BCUT2D eigenvalue weighted by molar-refractivity contribution is -0.0580. The summed E-state index contributed by atoms with van der Waals surface area (Å²) in [4.78, 5) is 0. The first-order chi connectivity index (χ1) is 10.2. The van der Waals surface area contributed by atoms with Gasteiger partial charge in [0.2, 0.25) is 0 Å². The van der Waals surface area contributed by atoms with Crippen LogP contribution in [-0.4, -0.2) is 5.11 Å². The van der Waals surface area contributed by atoms with Gasteiger partial charge in [-0.3, -0.25) is 0 Å². The van der Waals surface area contributed by atoms with E-state index in [1.54, 1.807) is 38.5 Å². The highest BCUT2D eigenvalue weighted by Crippen LogP contribution is 2.61. The molecule has 1 heteroatoms. The summed E-state index contributed by atoms with van der Waals surface area (Å²) in [5, 5.41) is 9.10. The van der Waals surface area contributed by atoms with Crippen LogP contribution in [0, 0.1) is 23.2 Å². The van der Waals surface area contributed by atoms with Crippen LogP contribution in [0.5, 0.6) is 0 Å². The van der Waals surface area contributed by atoms with Gasteiger partial charge in [0.25, 0.3) is 0 Å². The van der Waals surface area contributed by atoms with Crippen LogP contribution in [0.1, 0.15) is 62.5 Å². The molecule has 114 valence electrons. The summed E-state index contributed by atoms with van der Waals surface area (Å²) in [6.45, 7) is 0.160. The number of benzene rings is 1. The van der Waals surface area contributed by atoms with E-state index in [-0.39, 0.29) is 6.61 Å². The Morgan fingerprint density at radius 3 is 1.90 bits per heavy atom. The van der Waals surface area contributed by atoms with Gasteiger partial charge in [0.05, 0.1) is 6.61 Å². The third-order valence-corrected chi connectivity index (χ3v) is 6.54. The van der Waals surface area contributed by atoms with E-state index >= 15 is 0 Å². The molecule has 0 aromatic heterocycles. The van der Waals surface area contributed by atoms with E-state index < -0.39 is 0 Å². The van der Waals surface area contributed by atoms with Gasteiger partial charge in [-0.05, 0) is 92.1 Å². The third-order valence-electron chi connectivity index (χ3n) is 6.54.